The molecule has 1 aliphatic heterocycles. The first kappa shape index (κ1) is 17.0. The molecule has 27 heavy (non-hydrogen) atoms. The number of carbonyl (C=O) groups is 2. The van der Waals surface area contributed by atoms with Crippen LogP contribution in [-0.4, -0.2) is 34.8 Å². The van der Waals surface area contributed by atoms with Gasteiger partial charge in [0.25, 0.3) is 11.8 Å². The molecule has 2 bridgehead atoms. The number of hydrazone groups is 1. The first-order valence-electron chi connectivity index (χ1n) is 9.26. The molecule has 0 unspecified atom stereocenters. The van der Waals surface area contributed by atoms with Crippen LogP contribution in [-0.2, 0) is 9.59 Å². The van der Waals surface area contributed by atoms with Crippen LogP contribution in [0, 0.1) is 35.5 Å². The molecule has 3 fully saturated rings. The van der Waals surface area contributed by atoms with Crippen molar-refractivity contribution in [1.82, 2.24) is 5.01 Å². The highest BCUT2D eigenvalue weighted by Gasteiger charge is 2.67. The predicted octanol–water partition coefficient (Wildman–Crippen LogP) is 2.94. The lowest BCUT2D eigenvalue weighted by Crippen LogP contribution is -2.40. The third kappa shape index (κ3) is 2.40. The van der Waals surface area contributed by atoms with E-state index in [0.29, 0.717) is 34.2 Å². The monoisotopic (exact) mass is 430 g/mol. The number of phenolic OH excluding ortho intramolecular Hbond substituents is 1. The Morgan fingerprint density at radius 2 is 1.85 bits per heavy atom. The fourth-order valence-corrected chi connectivity index (χ4v) is 5.57. The van der Waals surface area contributed by atoms with E-state index in [4.69, 9.17) is 4.74 Å². The summed E-state index contributed by atoms with van der Waals surface area (Å²) < 4.78 is 5.87. The number of nitrogens with zero attached hydrogens (tertiary/aromatic N) is 2. The van der Waals surface area contributed by atoms with Gasteiger partial charge < -0.3 is 9.84 Å². The molecule has 1 aromatic rings. The van der Waals surface area contributed by atoms with Crippen LogP contribution in [0.1, 0.15) is 18.9 Å². The quantitative estimate of drug-likeness (QED) is 0.452. The molecule has 2 saturated carbocycles. The normalized spacial score (nSPS) is 35.7. The molecule has 6 atom stereocenters. The minimum Gasteiger partial charge on any atom is -0.503 e. The molecule has 1 N–H and O–H groups in total. The van der Waals surface area contributed by atoms with Crippen molar-refractivity contribution >= 4 is 34.0 Å². The standard InChI is InChI=1S/C20H19BrN2O4/c1-2-27-15-6-9(5-14(21)18(15)24)8-22-23-19(25)16-10-3-4-11(13-7-12(10)13)17(16)20(23)26/h3-6,8,10-13,16-17,24H,2,7H2,1H3/b22-8+/t10-,11+,12+,13-,16+,17-. The van der Waals surface area contributed by atoms with Crippen molar-refractivity contribution in [3.63, 3.8) is 0 Å². The van der Waals surface area contributed by atoms with Crippen LogP contribution in [0.15, 0.2) is 33.9 Å². The molecular weight excluding hydrogens is 412 g/mol. The number of aromatic hydroxyl groups is 1. The molecule has 6 rings (SSSR count). The number of benzene rings is 1. The Morgan fingerprint density at radius 3 is 2.44 bits per heavy atom. The molecule has 5 aliphatic rings. The average Bonchev–Trinajstić information content (AvgIpc) is 3.43. The van der Waals surface area contributed by atoms with Gasteiger partial charge in [-0.1, -0.05) is 12.2 Å². The van der Waals surface area contributed by atoms with Crippen molar-refractivity contribution < 1.29 is 19.4 Å². The van der Waals surface area contributed by atoms with Crippen LogP contribution in [0.5, 0.6) is 11.5 Å². The first-order chi connectivity index (χ1) is 13.0. The van der Waals surface area contributed by atoms with Gasteiger partial charge in [0.1, 0.15) is 0 Å². The van der Waals surface area contributed by atoms with Crippen LogP contribution in [0.25, 0.3) is 0 Å². The summed E-state index contributed by atoms with van der Waals surface area (Å²) in [5.74, 6) is 0.981. The second-order valence-electron chi connectivity index (χ2n) is 7.67. The molecule has 1 aromatic carbocycles. The summed E-state index contributed by atoms with van der Waals surface area (Å²) in [6.07, 6.45) is 6.89. The minimum absolute atomic E-state index is 0.00946. The van der Waals surface area contributed by atoms with Crippen LogP contribution in [0.3, 0.4) is 0 Å². The highest BCUT2D eigenvalue weighted by Crippen LogP contribution is 2.65. The summed E-state index contributed by atoms with van der Waals surface area (Å²) >= 11 is 3.28. The van der Waals surface area contributed by atoms with Crippen molar-refractivity contribution in [2.45, 2.75) is 13.3 Å². The van der Waals surface area contributed by atoms with Gasteiger partial charge in [0, 0.05) is 0 Å². The highest BCUT2D eigenvalue weighted by molar-refractivity contribution is 9.10. The van der Waals surface area contributed by atoms with Crippen LogP contribution in [0.2, 0.25) is 0 Å². The smallest absolute Gasteiger partial charge is 0.254 e. The number of halogens is 1. The molecule has 0 aromatic heterocycles. The molecular formula is C20H19BrN2O4. The van der Waals surface area contributed by atoms with Crippen molar-refractivity contribution in [1.29, 1.82) is 0 Å². The SMILES string of the molecule is CCOc1cc(/C=N/N2C(=O)[C@@H]3[C@H]4C=C[C@H]([C@@H]5C[C@H]45)[C@@H]3C2=O)cc(Br)c1O. The van der Waals surface area contributed by atoms with Gasteiger partial charge in [-0.25, -0.2) is 0 Å². The zero-order chi connectivity index (χ0) is 18.9. The number of allylic oxidation sites excluding steroid dienone is 2. The largest absolute Gasteiger partial charge is 0.503 e. The van der Waals surface area contributed by atoms with E-state index >= 15 is 0 Å². The number of phenols is 1. The summed E-state index contributed by atoms with van der Waals surface area (Å²) in [5.41, 5.74) is 0.627. The van der Waals surface area contributed by atoms with Gasteiger partial charge in [-0.05, 0) is 70.6 Å². The molecule has 6 nitrogen and oxygen atoms in total. The number of rotatable bonds is 4. The number of hydrogen-bond acceptors (Lipinski definition) is 5. The lowest BCUT2D eigenvalue weighted by molar-refractivity contribution is -0.140. The second kappa shape index (κ2) is 5.92. The number of imide groups is 1. The molecule has 0 radical (unpaired) electrons. The van der Waals surface area contributed by atoms with E-state index in [0.717, 1.165) is 11.4 Å². The number of carbonyl (C=O) groups excluding carboxylic acids is 2. The molecule has 0 spiro atoms. The van der Waals surface area contributed by atoms with Gasteiger partial charge in [0.2, 0.25) is 0 Å². The summed E-state index contributed by atoms with van der Waals surface area (Å²) in [7, 11) is 0. The van der Waals surface area contributed by atoms with E-state index in [-0.39, 0.29) is 41.2 Å². The summed E-state index contributed by atoms with van der Waals surface area (Å²) in [6, 6.07) is 3.30. The maximum absolute atomic E-state index is 12.9. The fraction of sp³-hybridized carbons (Fsp3) is 0.450. The Morgan fingerprint density at radius 1 is 1.22 bits per heavy atom. The number of hydrogen-bond donors (Lipinski definition) is 1. The lowest BCUT2D eigenvalue weighted by atomic mass is 9.63. The van der Waals surface area contributed by atoms with Crippen LogP contribution in [0.4, 0.5) is 0 Å². The van der Waals surface area contributed by atoms with E-state index in [1.807, 2.05) is 6.92 Å². The molecule has 4 aliphatic carbocycles. The number of ether oxygens (including phenoxy) is 1. The average molecular weight is 431 g/mol. The van der Waals surface area contributed by atoms with Gasteiger partial charge in [-0.3, -0.25) is 9.59 Å². The van der Waals surface area contributed by atoms with Gasteiger partial charge >= 0.3 is 0 Å². The van der Waals surface area contributed by atoms with Gasteiger partial charge in [-0.15, -0.1) is 0 Å². The second-order valence-corrected chi connectivity index (χ2v) is 8.52. The van der Waals surface area contributed by atoms with E-state index in [9.17, 15) is 14.7 Å². The van der Waals surface area contributed by atoms with Gasteiger partial charge in [0.05, 0.1) is 29.1 Å². The van der Waals surface area contributed by atoms with Crippen LogP contribution < -0.4 is 4.74 Å². The van der Waals surface area contributed by atoms with E-state index < -0.39 is 0 Å². The predicted molar refractivity (Wildman–Crippen MR) is 101 cm³/mol. The van der Waals surface area contributed by atoms with E-state index in [2.05, 4.69) is 33.2 Å². The number of amides is 2. The molecule has 2 amide bonds. The minimum atomic E-state index is -0.251. The molecule has 7 heteroatoms. The Balaban J connectivity index is 1.42. The van der Waals surface area contributed by atoms with Crippen molar-refractivity contribution in [3.8, 4) is 11.5 Å². The topological polar surface area (TPSA) is 79.2 Å². The Bertz CT molecular complexity index is 875. The first-order valence-corrected chi connectivity index (χ1v) is 10.1. The van der Waals surface area contributed by atoms with E-state index in [1.165, 1.54) is 6.21 Å². The van der Waals surface area contributed by atoms with Crippen LogP contribution >= 0.6 is 15.9 Å². The Kier molecular flexibility index (Phi) is 3.73. The van der Waals surface area contributed by atoms with Gasteiger partial charge in [-0.2, -0.15) is 10.1 Å². The zero-order valence-electron chi connectivity index (χ0n) is 14.7. The van der Waals surface area contributed by atoms with E-state index in [1.54, 1.807) is 12.1 Å². The molecule has 140 valence electrons. The van der Waals surface area contributed by atoms with Crippen molar-refractivity contribution in [3.05, 3.63) is 34.3 Å². The van der Waals surface area contributed by atoms with Gasteiger partial charge in [0.15, 0.2) is 11.5 Å². The third-order valence-corrected chi connectivity index (χ3v) is 6.92. The lowest BCUT2D eigenvalue weighted by Gasteiger charge is -2.37. The summed E-state index contributed by atoms with van der Waals surface area (Å²) in [5, 5.41) is 15.3. The fourth-order valence-electron chi connectivity index (χ4n) is 5.11. The maximum atomic E-state index is 12.9. The Hall–Kier alpha value is -2.15. The molecule has 1 heterocycles. The van der Waals surface area contributed by atoms with Crippen molar-refractivity contribution in [2.24, 2.45) is 40.6 Å². The molecule has 1 saturated heterocycles. The summed E-state index contributed by atoms with van der Waals surface area (Å²) in [4.78, 5) is 25.8. The highest BCUT2D eigenvalue weighted by atomic mass is 79.9. The zero-order valence-corrected chi connectivity index (χ0v) is 16.3. The summed E-state index contributed by atoms with van der Waals surface area (Å²) in [6.45, 7) is 2.23. The third-order valence-electron chi connectivity index (χ3n) is 6.31. The maximum Gasteiger partial charge on any atom is 0.254 e. The van der Waals surface area contributed by atoms with Crippen molar-refractivity contribution in [2.75, 3.05) is 6.61 Å². The Labute approximate surface area is 165 Å².